The largest absolute Gasteiger partial charge is 0.325 e. The number of sulfonamides is 1. The number of nitrogens with zero attached hydrogens (tertiary/aromatic N) is 3. The Morgan fingerprint density at radius 3 is 2.39 bits per heavy atom. The number of amides is 1. The number of fused-ring (bicyclic) bond motifs is 1. The van der Waals surface area contributed by atoms with Gasteiger partial charge in [0.05, 0.1) is 27.1 Å². The molecule has 1 heterocycles. The predicted molar refractivity (Wildman–Crippen MR) is 121 cm³/mol. The Morgan fingerprint density at radius 2 is 1.77 bits per heavy atom. The smallest absolute Gasteiger partial charge is 0.261 e. The number of anilines is 1. The van der Waals surface area contributed by atoms with Crippen molar-refractivity contribution in [1.29, 1.82) is 0 Å². The van der Waals surface area contributed by atoms with Gasteiger partial charge in [0, 0.05) is 23.8 Å². The Balaban J connectivity index is 1.77. The molecule has 3 rings (SSSR count). The monoisotopic (exact) mass is 482 g/mol. The first-order chi connectivity index (χ1) is 14.7. The minimum atomic E-state index is -3.58. The van der Waals surface area contributed by atoms with Crippen molar-refractivity contribution in [1.82, 2.24) is 13.9 Å². The first kappa shape index (κ1) is 23.2. The topological polar surface area (TPSA) is 101 Å². The molecule has 0 spiro atoms. The van der Waals surface area contributed by atoms with Crippen LogP contribution in [0.15, 0.2) is 52.4 Å². The van der Waals surface area contributed by atoms with E-state index in [4.69, 9.17) is 23.2 Å². The third-order valence-corrected chi connectivity index (χ3v) is 7.21. The van der Waals surface area contributed by atoms with Gasteiger partial charge in [0.1, 0.15) is 6.54 Å². The fourth-order valence-corrected chi connectivity index (χ4v) is 5.09. The maximum absolute atomic E-state index is 12.7. The third-order valence-electron chi connectivity index (χ3n) is 4.64. The standard InChI is InChI=1S/C20H20Cl2N4O4S/c1-3-26(4-2)31(29,30)15-7-5-14(6-8-15)24-18(27)11-25-12-23-19-16(20(25)28)9-13(21)10-17(19)22/h5-10,12H,3-4,11H2,1-2H3,(H,24,27). The average molecular weight is 483 g/mol. The van der Waals surface area contributed by atoms with Crippen LogP contribution < -0.4 is 10.9 Å². The molecule has 3 aromatic rings. The molecule has 0 radical (unpaired) electrons. The number of hydrogen-bond acceptors (Lipinski definition) is 5. The lowest BCUT2D eigenvalue weighted by Gasteiger charge is -2.18. The Kier molecular flexibility index (Phi) is 7.00. The van der Waals surface area contributed by atoms with Gasteiger partial charge in [-0.05, 0) is 36.4 Å². The van der Waals surface area contributed by atoms with Crippen molar-refractivity contribution in [2.45, 2.75) is 25.3 Å². The highest BCUT2D eigenvalue weighted by molar-refractivity contribution is 7.89. The van der Waals surface area contributed by atoms with Gasteiger partial charge in [-0.3, -0.25) is 14.2 Å². The molecular formula is C20H20Cl2N4O4S. The van der Waals surface area contributed by atoms with Crippen molar-refractivity contribution in [3.63, 3.8) is 0 Å². The molecule has 0 saturated heterocycles. The predicted octanol–water partition coefficient (Wildman–Crippen LogP) is 3.37. The molecule has 0 unspecified atom stereocenters. The average Bonchev–Trinajstić information content (AvgIpc) is 2.71. The van der Waals surface area contributed by atoms with Crippen LogP contribution in [0.4, 0.5) is 5.69 Å². The number of hydrogen-bond donors (Lipinski definition) is 1. The molecule has 0 atom stereocenters. The van der Waals surface area contributed by atoms with Gasteiger partial charge < -0.3 is 5.32 Å². The molecule has 0 aliphatic carbocycles. The Hall–Kier alpha value is -2.46. The molecule has 1 N–H and O–H groups in total. The summed E-state index contributed by atoms with van der Waals surface area (Å²) in [6, 6.07) is 8.78. The third kappa shape index (κ3) is 4.90. The van der Waals surface area contributed by atoms with Gasteiger partial charge in [-0.15, -0.1) is 0 Å². The molecule has 0 aliphatic heterocycles. The molecule has 164 valence electrons. The molecule has 8 nitrogen and oxygen atoms in total. The maximum Gasteiger partial charge on any atom is 0.261 e. The lowest BCUT2D eigenvalue weighted by Crippen LogP contribution is -2.30. The van der Waals surface area contributed by atoms with Crippen LogP contribution >= 0.6 is 23.2 Å². The highest BCUT2D eigenvalue weighted by atomic mass is 35.5. The van der Waals surface area contributed by atoms with E-state index in [1.165, 1.54) is 47.0 Å². The van der Waals surface area contributed by atoms with Gasteiger partial charge in [-0.1, -0.05) is 37.0 Å². The summed E-state index contributed by atoms with van der Waals surface area (Å²) in [4.78, 5) is 29.3. The van der Waals surface area contributed by atoms with Crippen molar-refractivity contribution >= 4 is 55.7 Å². The van der Waals surface area contributed by atoms with E-state index in [-0.39, 0.29) is 21.8 Å². The molecule has 0 saturated carbocycles. The van der Waals surface area contributed by atoms with E-state index in [0.29, 0.717) is 29.3 Å². The van der Waals surface area contributed by atoms with Crippen LogP contribution in [0.3, 0.4) is 0 Å². The lowest BCUT2D eigenvalue weighted by atomic mass is 10.2. The second-order valence-corrected chi connectivity index (χ2v) is 9.40. The number of nitrogens with one attached hydrogen (secondary N) is 1. The van der Waals surface area contributed by atoms with E-state index < -0.39 is 21.5 Å². The summed E-state index contributed by atoms with van der Waals surface area (Å²) in [5.74, 6) is -0.476. The number of carbonyl (C=O) groups is 1. The van der Waals surface area contributed by atoms with Crippen molar-refractivity contribution < 1.29 is 13.2 Å². The summed E-state index contributed by atoms with van der Waals surface area (Å²) in [7, 11) is -3.58. The van der Waals surface area contributed by atoms with E-state index >= 15 is 0 Å². The first-order valence-electron chi connectivity index (χ1n) is 9.41. The number of aromatic nitrogens is 2. The van der Waals surface area contributed by atoms with Gasteiger partial charge in [0.15, 0.2) is 0 Å². The van der Waals surface area contributed by atoms with Crippen molar-refractivity contribution in [2.24, 2.45) is 0 Å². The molecule has 31 heavy (non-hydrogen) atoms. The summed E-state index contributed by atoms with van der Waals surface area (Å²) in [5.41, 5.74) is 0.249. The highest BCUT2D eigenvalue weighted by Crippen LogP contribution is 2.24. The van der Waals surface area contributed by atoms with Crippen molar-refractivity contribution in [3.05, 3.63) is 63.1 Å². The molecular weight excluding hydrogens is 463 g/mol. The van der Waals surface area contributed by atoms with Gasteiger partial charge >= 0.3 is 0 Å². The van der Waals surface area contributed by atoms with Crippen molar-refractivity contribution in [2.75, 3.05) is 18.4 Å². The normalized spacial score (nSPS) is 11.8. The van der Waals surface area contributed by atoms with Gasteiger partial charge in [0.25, 0.3) is 5.56 Å². The van der Waals surface area contributed by atoms with Crippen LogP contribution in [0.5, 0.6) is 0 Å². The van der Waals surface area contributed by atoms with Gasteiger partial charge in [-0.25, -0.2) is 13.4 Å². The summed E-state index contributed by atoms with van der Waals surface area (Å²) in [6.45, 7) is 3.97. The highest BCUT2D eigenvalue weighted by Gasteiger charge is 2.21. The fraction of sp³-hybridized carbons (Fsp3) is 0.250. The van der Waals surface area contributed by atoms with Crippen LogP contribution in [0.25, 0.3) is 10.9 Å². The van der Waals surface area contributed by atoms with Gasteiger partial charge in [-0.2, -0.15) is 4.31 Å². The summed E-state index contributed by atoms with van der Waals surface area (Å²) < 4.78 is 27.6. The summed E-state index contributed by atoms with van der Waals surface area (Å²) in [5, 5.41) is 3.38. The van der Waals surface area contributed by atoms with Crippen LogP contribution in [0.1, 0.15) is 13.8 Å². The SMILES string of the molecule is CCN(CC)S(=O)(=O)c1ccc(NC(=O)Cn2cnc3c(Cl)cc(Cl)cc3c2=O)cc1. The zero-order chi connectivity index (χ0) is 22.8. The molecule has 1 aromatic heterocycles. The van der Waals surface area contributed by atoms with Crippen LogP contribution in [-0.4, -0.2) is 41.3 Å². The molecule has 2 aromatic carbocycles. The molecule has 0 fully saturated rings. The maximum atomic E-state index is 12.7. The number of benzene rings is 2. The zero-order valence-electron chi connectivity index (χ0n) is 16.8. The molecule has 0 bridgehead atoms. The van der Waals surface area contributed by atoms with E-state index in [0.717, 1.165) is 4.57 Å². The summed E-state index contributed by atoms with van der Waals surface area (Å²) >= 11 is 12.0. The van der Waals surface area contributed by atoms with E-state index in [1.54, 1.807) is 13.8 Å². The summed E-state index contributed by atoms with van der Waals surface area (Å²) in [6.07, 6.45) is 1.24. The minimum absolute atomic E-state index is 0.137. The van der Waals surface area contributed by atoms with Crippen LogP contribution in [-0.2, 0) is 21.4 Å². The molecule has 11 heteroatoms. The van der Waals surface area contributed by atoms with E-state index in [9.17, 15) is 18.0 Å². The van der Waals surface area contributed by atoms with E-state index in [1.807, 2.05) is 0 Å². The number of carbonyl (C=O) groups excluding carboxylic acids is 1. The Morgan fingerprint density at radius 1 is 1.13 bits per heavy atom. The number of rotatable bonds is 7. The number of halogens is 2. The molecule has 1 amide bonds. The fourth-order valence-electron chi connectivity index (χ4n) is 3.09. The lowest BCUT2D eigenvalue weighted by molar-refractivity contribution is -0.116. The van der Waals surface area contributed by atoms with Crippen molar-refractivity contribution in [3.8, 4) is 0 Å². The first-order valence-corrected chi connectivity index (χ1v) is 11.6. The van der Waals surface area contributed by atoms with Crippen LogP contribution in [0.2, 0.25) is 10.0 Å². The Labute approximate surface area is 189 Å². The second-order valence-electron chi connectivity index (χ2n) is 6.62. The van der Waals surface area contributed by atoms with Gasteiger partial charge in [0.2, 0.25) is 15.9 Å². The second kappa shape index (κ2) is 9.35. The zero-order valence-corrected chi connectivity index (χ0v) is 19.1. The molecule has 0 aliphatic rings. The Bertz CT molecular complexity index is 1290. The van der Waals surface area contributed by atoms with E-state index in [2.05, 4.69) is 10.3 Å². The minimum Gasteiger partial charge on any atom is -0.325 e. The quantitative estimate of drug-likeness (QED) is 0.556. The van der Waals surface area contributed by atoms with Crippen LogP contribution in [0, 0.1) is 0 Å².